The lowest BCUT2D eigenvalue weighted by molar-refractivity contribution is 0.285. The highest BCUT2D eigenvalue weighted by Gasteiger charge is 2.36. The molecule has 2 N–H and O–H groups in total. The summed E-state index contributed by atoms with van der Waals surface area (Å²) in [4.78, 5) is 5.70. The molecule has 0 amide bonds. The van der Waals surface area contributed by atoms with Crippen molar-refractivity contribution < 1.29 is 4.52 Å². The van der Waals surface area contributed by atoms with E-state index in [1.54, 1.807) is 11.8 Å². The van der Waals surface area contributed by atoms with Gasteiger partial charge in [0.25, 0.3) is 0 Å². The van der Waals surface area contributed by atoms with Crippen LogP contribution in [0.1, 0.15) is 31.6 Å². The number of thioether (sulfide) groups is 1. The molecular weight excluding hydrogens is 258 g/mol. The first kappa shape index (κ1) is 12.7. The molecule has 4 nitrogen and oxygen atoms in total. The average Bonchev–Trinajstić information content (AvgIpc) is 3.08. The van der Waals surface area contributed by atoms with Gasteiger partial charge in [0.2, 0.25) is 11.7 Å². The van der Waals surface area contributed by atoms with E-state index >= 15 is 0 Å². The molecule has 2 aromatic rings. The normalized spacial score (nSPS) is 17.8. The Labute approximate surface area is 116 Å². The van der Waals surface area contributed by atoms with Gasteiger partial charge in [0.1, 0.15) is 0 Å². The van der Waals surface area contributed by atoms with Crippen LogP contribution in [-0.2, 0) is 5.54 Å². The lowest BCUT2D eigenvalue weighted by Crippen LogP contribution is -2.33. The van der Waals surface area contributed by atoms with Gasteiger partial charge in [0.05, 0.1) is 5.54 Å². The topological polar surface area (TPSA) is 64.9 Å². The number of aromatic nitrogens is 2. The summed E-state index contributed by atoms with van der Waals surface area (Å²) in [6.45, 7) is 0. The Balaban J connectivity index is 1.87. The van der Waals surface area contributed by atoms with Crippen LogP contribution < -0.4 is 5.73 Å². The highest BCUT2D eigenvalue weighted by atomic mass is 32.2. The quantitative estimate of drug-likeness (QED) is 0.871. The molecule has 0 spiro atoms. The fourth-order valence-electron chi connectivity index (χ4n) is 2.50. The van der Waals surface area contributed by atoms with Gasteiger partial charge in [-0.15, -0.1) is 11.8 Å². The summed E-state index contributed by atoms with van der Waals surface area (Å²) in [7, 11) is 0. The summed E-state index contributed by atoms with van der Waals surface area (Å²) < 4.78 is 5.37. The molecule has 1 fully saturated rings. The second kappa shape index (κ2) is 4.98. The minimum Gasteiger partial charge on any atom is -0.337 e. The Hall–Kier alpha value is -1.33. The van der Waals surface area contributed by atoms with E-state index in [2.05, 4.69) is 28.5 Å². The van der Waals surface area contributed by atoms with Crippen molar-refractivity contribution in [3.05, 3.63) is 30.2 Å². The summed E-state index contributed by atoms with van der Waals surface area (Å²) in [5.74, 6) is 1.20. The molecule has 1 aliphatic rings. The van der Waals surface area contributed by atoms with Gasteiger partial charge in [-0.1, -0.05) is 18.0 Å². The van der Waals surface area contributed by atoms with Crippen molar-refractivity contribution in [2.45, 2.75) is 36.1 Å². The molecule has 3 rings (SSSR count). The molecule has 0 unspecified atom stereocenters. The monoisotopic (exact) mass is 275 g/mol. The minimum absolute atomic E-state index is 0.412. The van der Waals surface area contributed by atoms with Crippen molar-refractivity contribution in [3.63, 3.8) is 0 Å². The fourth-order valence-corrected chi connectivity index (χ4v) is 2.91. The standard InChI is InChI=1S/C14H17N3OS/c1-19-11-6-4-10(5-7-11)12-16-13(18-17-12)14(15)8-2-3-9-14/h4-7H,2-3,8-9,15H2,1H3. The SMILES string of the molecule is CSc1ccc(-c2noc(C3(N)CCCC3)n2)cc1. The molecule has 1 aromatic carbocycles. The Kier molecular flexibility index (Phi) is 3.33. The molecule has 100 valence electrons. The zero-order chi connectivity index (χ0) is 13.3. The first-order valence-corrected chi connectivity index (χ1v) is 7.71. The highest BCUT2D eigenvalue weighted by molar-refractivity contribution is 7.98. The van der Waals surface area contributed by atoms with Crippen molar-refractivity contribution in [3.8, 4) is 11.4 Å². The van der Waals surface area contributed by atoms with Crippen LogP contribution in [0, 0.1) is 0 Å². The predicted molar refractivity (Wildman–Crippen MR) is 75.8 cm³/mol. The van der Waals surface area contributed by atoms with E-state index in [-0.39, 0.29) is 0 Å². The third kappa shape index (κ3) is 2.40. The number of nitrogens with zero attached hydrogens (tertiary/aromatic N) is 2. The Morgan fingerprint density at radius 1 is 1.21 bits per heavy atom. The molecule has 1 aromatic heterocycles. The number of nitrogens with two attached hydrogens (primary N) is 1. The summed E-state index contributed by atoms with van der Waals surface area (Å²) in [5.41, 5.74) is 6.87. The molecular formula is C14H17N3OS. The molecule has 0 radical (unpaired) electrons. The number of benzene rings is 1. The highest BCUT2D eigenvalue weighted by Crippen LogP contribution is 2.36. The summed E-state index contributed by atoms with van der Waals surface area (Å²) in [6, 6.07) is 8.14. The second-order valence-corrected chi connectivity index (χ2v) is 5.89. The maximum Gasteiger partial charge on any atom is 0.247 e. The smallest absolute Gasteiger partial charge is 0.247 e. The third-order valence-corrected chi connectivity index (χ3v) is 4.44. The van der Waals surface area contributed by atoms with Gasteiger partial charge in [0, 0.05) is 10.5 Å². The van der Waals surface area contributed by atoms with Crippen molar-refractivity contribution in [1.82, 2.24) is 10.1 Å². The zero-order valence-electron chi connectivity index (χ0n) is 10.9. The first-order valence-electron chi connectivity index (χ1n) is 6.49. The van der Waals surface area contributed by atoms with Crippen LogP contribution in [0.25, 0.3) is 11.4 Å². The van der Waals surface area contributed by atoms with Crippen molar-refractivity contribution in [2.75, 3.05) is 6.26 Å². The van der Waals surface area contributed by atoms with Crippen LogP contribution >= 0.6 is 11.8 Å². The Bertz CT molecular complexity index is 558. The largest absolute Gasteiger partial charge is 0.337 e. The van der Waals surface area contributed by atoms with Gasteiger partial charge in [-0.25, -0.2) is 0 Å². The van der Waals surface area contributed by atoms with E-state index in [1.807, 2.05) is 12.1 Å². The van der Waals surface area contributed by atoms with Gasteiger partial charge < -0.3 is 10.3 Å². The lowest BCUT2D eigenvalue weighted by Gasteiger charge is -2.17. The molecule has 0 aliphatic heterocycles. The Morgan fingerprint density at radius 2 is 1.89 bits per heavy atom. The molecule has 0 saturated heterocycles. The molecule has 1 saturated carbocycles. The first-order chi connectivity index (χ1) is 9.21. The molecule has 1 aliphatic carbocycles. The lowest BCUT2D eigenvalue weighted by atomic mass is 9.99. The predicted octanol–water partition coefficient (Wildman–Crippen LogP) is 3.19. The van der Waals surface area contributed by atoms with Gasteiger partial charge in [0.15, 0.2) is 0 Å². The van der Waals surface area contributed by atoms with Crippen LogP contribution in [-0.4, -0.2) is 16.4 Å². The maximum atomic E-state index is 6.32. The summed E-state index contributed by atoms with van der Waals surface area (Å²) >= 11 is 1.71. The van der Waals surface area contributed by atoms with Gasteiger partial charge in [-0.2, -0.15) is 4.98 Å². The summed E-state index contributed by atoms with van der Waals surface area (Å²) in [5, 5.41) is 4.06. The fraction of sp³-hybridized carbons (Fsp3) is 0.429. The van der Waals surface area contributed by atoms with Crippen molar-refractivity contribution in [2.24, 2.45) is 5.73 Å². The van der Waals surface area contributed by atoms with Gasteiger partial charge in [-0.3, -0.25) is 0 Å². The summed E-state index contributed by atoms with van der Waals surface area (Å²) in [6.07, 6.45) is 6.19. The molecule has 0 atom stereocenters. The van der Waals surface area contributed by atoms with Crippen LogP contribution in [0.3, 0.4) is 0 Å². The van der Waals surface area contributed by atoms with Crippen LogP contribution in [0.4, 0.5) is 0 Å². The minimum atomic E-state index is -0.412. The maximum absolute atomic E-state index is 6.32. The van der Waals surface area contributed by atoms with E-state index in [0.717, 1.165) is 31.2 Å². The van der Waals surface area contributed by atoms with Crippen molar-refractivity contribution in [1.29, 1.82) is 0 Å². The van der Waals surface area contributed by atoms with Gasteiger partial charge in [-0.05, 0) is 43.4 Å². The number of hydrogen-bond acceptors (Lipinski definition) is 5. The third-order valence-electron chi connectivity index (χ3n) is 3.70. The van der Waals surface area contributed by atoms with Crippen LogP contribution in [0.5, 0.6) is 0 Å². The van der Waals surface area contributed by atoms with E-state index < -0.39 is 5.54 Å². The zero-order valence-corrected chi connectivity index (χ0v) is 11.7. The van der Waals surface area contributed by atoms with E-state index in [4.69, 9.17) is 10.3 Å². The van der Waals surface area contributed by atoms with Crippen LogP contribution in [0.15, 0.2) is 33.7 Å². The van der Waals surface area contributed by atoms with E-state index in [9.17, 15) is 0 Å². The molecule has 19 heavy (non-hydrogen) atoms. The van der Waals surface area contributed by atoms with Crippen molar-refractivity contribution >= 4 is 11.8 Å². The van der Waals surface area contributed by atoms with E-state index in [1.165, 1.54) is 4.90 Å². The molecule has 5 heteroatoms. The molecule has 1 heterocycles. The van der Waals surface area contributed by atoms with Gasteiger partial charge >= 0.3 is 0 Å². The van der Waals surface area contributed by atoms with E-state index in [0.29, 0.717) is 11.7 Å². The van der Waals surface area contributed by atoms with Crippen LogP contribution in [0.2, 0.25) is 0 Å². The number of hydrogen-bond donors (Lipinski definition) is 1. The molecule has 0 bridgehead atoms. The Morgan fingerprint density at radius 3 is 2.53 bits per heavy atom. The number of rotatable bonds is 3. The second-order valence-electron chi connectivity index (χ2n) is 5.01. The average molecular weight is 275 g/mol.